The number of phenolic OH excluding ortho intramolecular Hbond substituents is 1. The lowest BCUT2D eigenvalue weighted by molar-refractivity contribution is -0.121. The largest absolute Gasteiger partial charge is 0.508 e. The van der Waals surface area contributed by atoms with Gasteiger partial charge in [-0.25, -0.2) is 4.99 Å². The van der Waals surface area contributed by atoms with Crippen LogP contribution in [0.3, 0.4) is 0 Å². The summed E-state index contributed by atoms with van der Waals surface area (Å²) in [7, 11) is 3.14. The molecule has 0 atom stereocenters. The van der Waals surface area contributed by atoms with Gasteiger partial charge in [-0.05, 0) is 47.7 Å². The Bertz CT molecular complexity index is 969. The molecule has 0 bridgehead atoms. The summed E-state index contributed by atoms with van der Waals surface area (Å²) in [4.78, 5) is 19.4. The second-order valence-electron chi connectivity index (χ2n) is 5.84. The zero-order chi connectivity index (χ0) is 20.1. The number of phenols is 1. The fourth-order valence-electron chi connectivity index (χ4n) is 2.65. The van der Waals surface area contributed by atoms with E-state index in [-0.39, 0.29) is 11.7 Å². The van der Waals surface area contributed by atoms with E-state index in [1.165, 1.54) is 11.8 Å². The summed E-state index contributed by atoms with van der Waals surface area (Å²) in [6, 6.07) is 12.0. The molecule has 1 N–H and O–H groups in total. The number of carbonyl (C=O) groups excluding carboxylic acids is 1. The van der Waals surface area contributed by atoms with Gasteiger partial charge < -0.3 is 14.6 Å². The van der Waals surface area contributed by atoms with E-state index < -0.39 is 0 Å². The molecular formula is C21H20N2O4S. The number of nitrogens with zero attached hydrogens (tertiary/aromatic N) is 2. The smallest absolute Gasteiger partial charge is 0.267 e. The van der Waals surface area contributed by atoms with Crippen LogP contribution in [0.1, 0.15) is 5.56 Å². The summed E-state index contributed by atoms with van der Waals surface area (Å²) >= 11 is 1.27. The van der Waals surface area contributed by atoms with E-state index in [4.69, 9.17) is 9.47 Å². The second kappa shape index (κ2) is 8.67. The van der Waals surface area contributed by atoms with Gasteiger partial charge in [-0.15, -0.1) is 6.58 Å². The van der Waals surface area contributed by atoms with Crippen LogP contribution in [0.25, 0.3) is 6.08 Å². The minimum Gasteiger partial charge on any atom is -0.508 e. The number of benzene rings is 2. The first kappa shape index (κ1) is 19.6. The van der Waals surface area contributed by atoms with Crippen molar-refractivity contribution in [3.8, 4) is 17.2 Å². The zero-order valence-electron chi connectivity index (χ0n) is 15.6. The van der Waals surface area contributed by atoms with Crippen LogP contribution < -0.4 is 9.47 Å². The molecule has 1 amide bonds. The van der Waals surface area contributed by atoms with Crippen molar-refractivity contribution in [2.45, 2.75) is 0 Å². The highest BCUT2D eigenvalue weighted by Gasteiger charge is 2.32. The van der Waals surface area contributed by atoms with Gasteiger partial charge in [0.1, 0.15) is 5.75 Å². The number of rotatable bonds is 6. The number of aliphatic imine (C=N–C) groups is 1. The molecule has 28 heavy (non-hydrogen) atoms. The third-order valence-electron chi connectivity index (χ3n) is 3.96. The zero-order valence-corrected chi connectivity index (χ0v) is 16.4. The molecule has 1 saturated heterocycles. The van der Waals surface area contributed by atoms with Crippen LogP contribution in [-0.2, 0) is 4.79 Å². The molecular weight excluding hydrogens is 376 g/mol. The normalized spacial score (nSPS) is 16.6. The fraction of sp³-hybridized carbons (Fsp3) is 0.143. The quantitative estimate of drug-likeness (QED) is 0.585. The van der Waals surface area contributed by atoms with Crippen LogP contribution in [0, 0.1) is 0 Å². The summed E-state index contributed by atoms with van der Waals surface area (Å²) < 4.78 is 10.6. The number of thioether (sulfide) groups is 1. The standard InChI is InChI=1S/C21H20N2O4S/c1-4-10-23-20(25)19(12-14-8-9-17(26-2)18(11-14)27-3)28-21(23)22-15-6-5-7-16(24)13-15/h4-9,11-13,24H,1,10H2,2-3H3/b19-12-,22-21?. The minimum atomic E-state index is -0.154. The third-order valence-corrected chi connectivity index (χ3v) is 4.97. The van der Waals surface area contributed by atoms with Gasteiger partial charge >= 0.3 is 0 Å². The molecule has 6 nitrogen and oxygen atoms in total. The summed E-state index contributed by atoms with van der Waals surface area (Å²) in [5.41, 5.74) is 1.38. The average molecular weight is 396 g/mol. The number of amides is 1. The van der Waals surface area contributed by atoms with Crippen molar-refractivity contribution in [3.05, 3.63) is 65.6 Å². The predicted octanol–water partition coefficient (Wildman–Crippen LogP) is 4.20. The SMILES string of the molecule is C=CCN1C(=O)/C(=C/c2ccc(OC)c(OC)c2)SC1=Nc1cccc(O)c1. The Kier molecular flexibility index (Phi) is 6.06. The molecule has 1 aliphatic rings. The van der Waals surface area contributed by atoms with E-state index in [1.807, 2.05) is 12.1 Å². The Hall–Kier alpha value is -3.19. The van der Waals surface area contributed by atoms with Crippen LogP contribution in [-0.4, -0.2) is 41.8 Å². The Balaban J connectivity index is 1.96. The van der Waals surface area contributed by atoms with Gasteiger partial charge in [0.05, 0.1) is 24.8 Å². The van der Waals surface area contributed by atoms with Gasteiger partial charge in [-0.3, -0.25) is 9.69 Å². The van der Waals surface area contributed by atoms with E-state index in [2.05, 4.69) is 11.6 Å². The predicted molar refractivity (Wildman–Crippen MR) is 112 cm³/mol. The number of hydrogen-bond acceptors (Lipinski definition) is 6. The first-order valence-corrected chi connectivity index (χ1v) is 9.29. The van der Waals surface area contributed by atoms with Gasteiger partial charge in [0.25, 0.3) is 5.91 Å². The first-order valence-electron chi connectivity index (χ1n) is 8.47. The molecule has 1 aliphatic heterocycles. The van der Waals surface area contributed by atoms with Crippen LogP contribution in [0.15, 0.2) is 65.0 Å². The van der Waals surface area contributed by atoms with Crippen LogP contribution in [0.2, 0.25) is 0 Å². The van der Waals surface area contributed by atoms with E-state index in [1.54, 1.807) is 61.6 Å². The lowest BCUT2D eigenvalue weighted by atomic mass is 10.2. The van der Waals surface area contributed by atoms with Crippen molar-refractivity contribution < 1.29 is 19.4 Å². The van der Waals surface area contributed by atoms with Gasteiger partial charge in [0, 0.05) is 12.6 Å². The monoisotopic (exact) mass is 396 g/mol. The summed E-state index contributed by atoms with van der Waals surface area (Å²) in [6.45, 7) is 4.06. The second-order valence-corrected chi connectivity index (χ2v) is 6.85. The van der Waals surface area contributed by atoms with Crippen molar-refractivity contribution in [2.24, 2.45) is 4.99 Å². The first-order chi connectivity index (χ1) is 13.5. The maximum atomic E-state index is 12.8. The molecule has 0 radical (unpaired) electrons. The van der Waals surface area contributed by atoms with Crippen LogP contribution in [0.4, 0.5) is 5.69 Å². The molecule has 1 heterocycles. The number of carbonyl (C=O) groups is 1. The van der Waals surface area contributed by atoms with Crippen LogP contribution >= 0.6 is 11.8 Å². The Morgan fingerprint density at radius 1 is 1.18 bits per heavy atom. The van der Waals surface area contributed by atoms with Crippen molar-refractivity contribution >= 4 is 34.6 Å². The van der Waals surface area contributed by atoms with E-state index in [0.717, 1.165) is 5.56 Å². The maximum Gasteiger partial charge on any atom is 0.267 e. The van der Waals surface area contributed by atoms with Gasteiger partial charge in [0.15, 0.2) is 16.7 Å². The van der Waals surface area contributed by atoms with E-state index in [0.29, 0.717) is 33.8 Å². The van der Waals surface area contributed by atoms with Crippen LogP contribution in [0.5, 0.6) is 17.2 Å². The maximum absolute atomic E-state index is 12.8. The number of ether oxygens (including phenoxy) is 2. The van der Waals surface area contributed by atoms with Crippen molar-refractivity contribution in [1.29, 1.82) is 0 Å². The Morgan fingerprint density at radius 2 is 1.96 bits per heavy atom. The fourth-order valence-corrected chi connectivity index (χ4v) is 3.66. The highest BCUT2D eigenvalue weighted by Crippen LogP contribution is 2.36. The van der Waals surface area contributed by atoms with Gasteiger partial charge in [-0.2, -0.15) is 0 Å². The number of aromatic hydroxyl groups is 1. The van der Waals surface area contributed by atoms with Gasteiger partial charge in [-0.1, -0.05) is 18.2 Å². The van der Waals surface area contributed by atoms with Crippen molar-refractivity contribution in [1.82, 2.24) is 4.90 Å². The molecule has 7 heteroatoms. The molecule has 0 aromatic heterocycles. The molecule has 0 spiro atoms. The number of methoxy groups -OCH3 is 2. The summed E-state index contributed by atoms with van der Waals surface area (Å²) in [6.07, 6.45) is 3.44. The molecule has 1 fully saturated rings. The molecule has 0 unspecified atom stereocenters. The molecule has 2 aromatic rings. The molecule has 0 saturated carbocycles. The molecule has 0 aliphatic carbocycles. The minimum absolute atomic E-state index is 0.118. The lowest BCUT2D eigenvalue weighted by Crippen LogP contribution is -2.29. The number of amidine groups is 1. The summed E-state index contributed by atoms with van der Waals surface area (Å²) in [5.74, 6) is 1.17. The number of hydrogen-bond donors (Lipinski definition) is 1. The average Bonchev–Trinajstić information content (AvgIpc) is 2.97. The van der Waals surface area contributed by atoms with Gasteiger partial charge in [0.2, 0.25) is 0 Å². The topological polar surface area (TPSA) is 71.4 Å². The van der Waals surface area contributed by atoms with E-state index >= 15 is 0 Å². The molecule has 2 aromatic carbocycles. The highest BCUT2D eigenvalue weighted by molar-refractivity contribution is 8.18. The Labute approximate surface area is 167 Å². The molecule has 144 valence electrons. The van der Waals surface area contributed by atoms with Crippen molar-refractivity contribution in [3.63, 3.8) is 0 Å². The Morgan fingerprint density at radius 3 is 2.64 bits per heavy atom. The lowest BCUT2D eigenvalue weighted by Gasteiger charge is -2.12. The molecule has 3 rings (SSSR count). The summed E-state index contributed by atoms with van der Waals surface area (Å²) in [5, 5.41) is 10.2. The third kappa shape index (κ3) is 4.20. The van der Waals surface area contributed by atoms with Crippen molar-refractivity contribution in [2.75, 3.05) is 20.8 Å². The highest BCUT2D eigenvalue weighted by atomic mass is 32.2. The van der Waals surface area contributed by atoms with E-state index in [9.17, 15) is 9.90 Å².